The lowest BCUT2D eigenvalue weighted by Gasteiger charge is -2.19. The number of carbonyl (C=O) groups is 1. The maximum atomic E-state index is 12.2. The van der Waals surface area contributed by atoms with Crippen molar-refractivity contribution in [2.24, 2.45) is 0 Å². The molecule has 3 heterocycles. The monoisotopic (exact) mass is 360 g/mol. The van der Waals surface area contributed by atoms with Crippen LogP contribution < -0.4 is 5.32 Å². The zero-order valence-corrected chi connectivity index (χ0v) is 15.4. The van der Waals surface area contributed by atoms with Gasteiger partial charge in [0.2, 0.25) is 0 Å². The van der Waals surface area contributed by atoms with Gasteiger partial charge in [-0.05, 0) is 44.4 Å². The molecular weight excluding hydrogens is 340 g/mol. The Morgan fingerprint density at radius 3 is 2.74 bits per heavy atom. The second-order valence-electron chi connectivity index (χ2n) is 7.34. The summed E-state index contributed by atoms with van der Waals surface area (Å²) in [6.45, 7) is 5.47. The summed E-state index contributed by atoms with van der Waals surface area (Å²) in [5.41, 5.74) is 1.89. The molecule has 6 heteroatoms. The number of rotatable bonds is 2. The van der Waals surface area contributed by atoms with Crippen LogP contribution in [-0.4, -0.2) is 26.6 Å². The normalized spacial score (nSPS) is 11.7. The van der Waals surface area contributed by atoms with E-state index in [4.69, 9.17) is 4.74 Å². The van der Waals surface area contributed by atoms with E-state index in [0.717, 1.165) is 33.1 Å². The van der Waals surface area contributed by atoms with Crippen LogP contribution in [0.15, 0.2) is 54.9 Å². The fraction of sp³-hybridized carbons (Fsp3) is 0.190. The molecule has 0 aliphatic carbocycles. The summed E-state index contributed by atoms with van der Waals surface area (Å²) in [6, 6.07) is 13.8. The molecule has 0 aliphatic heterocycles. The topological polar surface area (TPSA) is 79.9 Å². The van der Waals surface area contributed by atoms with Crippen molar-refractivity contribution in [1.29, 1.82) is 0 Å². The van der Waals surface area contributed by atoms with Gasteiger partial charge in [-0.1, -0.05) is 24.3 Å². The second-order valence-corrected chi connectivity index (χ2v) is 7.34. The molecule has 1 aromatic carbocycles. The van der Waals surface area contributed by atoms with E-state index in [9.17, 15) is 4.79 Å². The molecule has 27 heavy (non-hydrogen) atoms. The minimum atomic E-state index is -0.576. The number of ether oxygens (including phenoxy) is 1. The number of anilines is 1. The molecule has 0 saturated carbocycles. The minimum absolute atomic E-state index is 0.437. The van der Waals surface area contributed by atoms with Crippen molar-refractivity contribution in [3.63, 3.8) is 0 Å². The maximum absolute atomic E-state index is 12.2. The van der Waals surface area contributed by atoms with Crippen LogP contribution >= 0.6 is 0 Å². The number of carbonyl (C=O) groups excluding carboxylic acids is 1. The summed E-state index contributed by atoms with van der Waals surface area (Å²) in [4.78, 5) is 24.4. The summed E-state index contributed by atoms with van der Waals surface area (Å²) in [6.07, 6.45) is 3.11. The smallest absolute Gasteiger partial charge is 0.413 e. The summed E-state index contributed by atoms with van der Waals surface area (Å²) in [7, 11) is 0. The molecule has 2 N–H and O–H groups in total. The predicted molar refractivity (Wildman–Crippen MR) is 107 cm³/mol. The lowest BCUT2D eigenvalue weighted by Crippen LogP contribution is -2.27. The van der Waals surface area contributed by atoms with E-state index in [1.165, 1.54) is 0 Å². The van der Waals surface area contributed by atoms with Crippen molar-refractivity contribution in [2.45, 2.75) is 26.4 Å². The molecular formula is C21H20N4O2. The average molecular weight is 360 g/mol. The van der Waals surface area contributed by atoms with E-state index in [2.05, 4.69) is 20.3 Å². The standard InChI is InChI=1S/C21H20N4O2/c1-21(2,3)27-20(26)25-17-11-13-6-4-5-7-16(13)18(24-17)15-10-14-8-9-22-19(14)23-12-15/h4-12H,1-3H3,(H,22,23)(H,24,25,26). The quantitative estimate of drug-likeness (QED) is 0.520. The first-order valence-electron chi connectivity index (χ1n) is 8.72. The van der Waals surface area contributed by atoms with Gasteiger partial charge in [0.05, 0.1) is 5.69 Å². The van der Waals surface area contributed by atoms with E-state index < -0.39 is 11.7 Å². The number of fused-ring (bicyclic) bond motifs is 2. The molecule has 0 radical (unpaired) electrons. The van der Waals surface area contributed by atoms with Crippen molar-refractivity contribution in [3.8, 4) is 11.3 Å². The fourth-order valence-corrected chi connectivity index (χ4v) is 2.96. The van der Waals surface area contributed by atoms with Crippen molar-refractivity contribution in [2.75, 3.05) is 5.32 Å². The molecule has 0 saturated heterocycles. The number of aromatic amines is 1. The third-order valence-corrected chi connectivity index (χ3v) is 4.04. The van der Waals surface area contributed by atoms with Crippen molar-refractivity contribution in [1.82, 2.24) is 15.0 Å². The number of amides is 1. The summed E-state index contributed by atoms with van der Waals surface area (Å²) in [5, 5.41) is 5.70. The van der Waals surface area contributed by atoms with Gasteiger partial charge in [-0.15, -0.1) is 0 Å². The van der Waals surface area contributed by atoms with Crippen LogP contribution in [0.3, 0.4) is 0 Å². The first-order valence-corrected chi connectivity index (χ1v) is 8.72. The van der Waals surface area contributed by atoms with Gasteiger partial charge in [-0.25, -0.2) is 14.8 Å². The highest BCUT2D eigenvalue weighted by atomic mass is 16.6. The first kappa shape index (κ1) is 17.0. The molecule has 4 aromatic rings. The number of hydrogen-bond donors (Lipinski definition) is 2. The molecule has 0 unspecified atom stereocenters. The summed E-state index contributed by atoms with van der Waals surface area (Å²) >= 11 is 0. The minimum Gasteiger partial charge on any atom is -0.444 e. The van der Waals surface area contributed by atoms with E-state index in [1.54, 1.807) is 6.20 Å². The van der Waals surface area contributed by atoms with Gasteiger partial charge in [-0.3, -0.25) is 5.32 Å². The second kappa shape index (κ2) is 6.39. The third-order valence-electron chi connectivity index (χ3n) is 4.04. The molecule has 0 bridgehead atoms. The molecule has 0 atom stereocenters. The lowest BCUT2D eigenvalue weighted by atomic mass is 10.0. The first-order chi connectivity index (χ1) is 12.9. The Labute approximate surface area is 156 Å². The van der Waals surface area contributed by atoms with Crippen LogP contribution in [-0.2, 0) is 4.74 Å². The molecule has 0 fully saturated rings. The van der Waals surface area contributed by atoms with Gasteiger partial charge in [-0.2, -0.15) is 0 Å². The zero-order valence-electron chi connectivity index (χ0n) is 15.4. The van der Waals surface area contributed by atoms with Gasteiger partial charge in [0, 0.05) is 28.7 Å². The predicted octanol–water partition coefficient (Wildman–Crippen LogP) is 5.13. The number of hydrogen-bond acceptors (Lipinski definition) is 4. The highest BCUT2D eigenvalue weighted by molar-refractivity contribution is 5.99. The van der Waals surface area contributed by atoms with E-state index >= 15 is 0 Å². The lowest BCUT2D eigenvalue weighted by molar-refractivity contribution is 0.0635. The number of H-pyrrole nitrogens is 1. The number of benzene rings is 1. The van der Waals surface area contributed by atoms with Gasteiger partial charge < -0.3 is 9.72 Å². The van der Waals surface area contributed by atoms with Gasteiger partial charge >= 0.3 is 6.09 Å². The third kappa shape index (κ3) is 3.60. The van der Waals surface area contributed by atoms with E-state index in [0.29, 0.717) is 5.82 Å². The Bertz CT molecular complexity index is 1140. The molecule has 0 aliphatic rings. The summed E-state index contributed by atoms with van der Waals surface area (Å²) < 4.78 is 5.34. The number of pyridine rings is 2. The Balaban J connectivity index is 1.80. The largest absolute Gasteiger partial charge is 0.444 e. The van der Waals surface area contributed by atoms with Gasteiger partial charge in [0.25, 0.3) is 0 Å². The van der Waals surface area contributed by atoms with Crippen LogP contribution in [0.2, 0.25) is 0 Å². The van der Waals surface area contributed by atoms with Crippen molar-refractivity contribution < 1.29 is 9.53 Å². The highest BCUT2D eigenvalue weighted by Gasteiger charge is 2.17. The van der Waals surface area contributed by atoms with Crippen molar-refractivity contribution >= 4 is 33.7 Å². The number of nitrogens with zero attached hydrogens (tertiary/aromatic N) is 2. The van der Waals surface area contributed by atoms with Crippen LogP contribution in [0, 0.1) is 0 Å². The Hall–Kier alpha value is -3.41. The van der Waals surface area contributed by atoms with Crippen molar-refractivity contribution in [3.05, 3.63) is 54.9 Å². The van der Waals surface area contributed by atoms with Crippen LogP contribution in [0.1, 0.15) is 20.8 Å². The van der Waals surface area contributed by atoms with Gasteiger partial charge in [0.15, 0.2) is 0 Å². The van der Waals surface area contributed by atoms with E-state index in [1.807, 2.05) is 69.4 Å². The molecule has 0 spiro atoms. The SMILES string of the molecule is CC(C)(C)OC(=O)Nc1cc2ccccc2c(-c2cnc3[nH]ccc3c2)n1. The molecule has 136 valence electrons. The molecule has 4 rings (SSSR count). The fourth-order valence-electron chi connectivity index (χ4n) is 2.96. The zero-order chi connectivity index (χ0) is 19.0. The van der Waals surface area contributed by atoms with Crippen LogP contribution in [0.5, 0.6) is 0 Å². The van der Waals surface area contributed by atoms with Crippen LogP contribution in [0.25, 0.3) is 33.1 Å². The van der Waals surface area contributed by atoms with Gasteiger partial charge in [0.1, 0.15) is 17.1 Å². The summed E-state index contributed by atoms with van der Waals surface area (Å²) in [5.74, 6) is 0.437. The maximum Gasteiger partial charge on any atom is 0.413 e. The van der Waals surface area contributed by atoms with E-state index in [-0.39, 0.29) is 0 Å². The number of aromatic nitrogens is 3. The highest BCUT2D eigenvalue weighted by Crippen LogP contribution is 2.30. The molecule has 1 amide bonds. The Morgan fingerprint density at radius 1 is 1.11 bits per heavy atom. The molecule has 6 nitrogen and oxygen atoms in total. The Kier molecular flexibility index (Phi) is 4.03. The van der Waals surface area contributed by atoms with Crippen LogP contribution in [0.4, 0.5) is 10.6 Å². The Morgan fingerprint density at radius 2 is 1.93 bits per heavy atom. The number of nitrogens with one attached hydrogen (secondary N) is 2. The average Bonchev–Trinajstić information content (AvgIpc) is 3.07. The molecule has 3 aromatic heterocycles.